The van der Waals surface area contributed by atoms with Crippen LogP contribution in [0.2, 0.25) is 0 Å². The van der Waals surface area contributed by atoms with E-state index in [-0.39, 0.29) is 11.0 Å². The second kappa shape index (κ2) is 7.18. The molecule has 2 aromatic rings. The van der Waals surface area contributed by atoms with Gasteiger partial charge in [-0.3, -0.25) is 0 Å². The second-order valence-electron chi connectivity index (χ2n) is 10.8. The van der Waals surface area contributed by atoms with E-state index in [2.05, 4.69) is 95.8 Å². The highest BCUT2D eigenvalue weighted by Crippen LogP contribution is 2.56. The molecular weight excluding hydrogens is 350 g/mol. The third-order valence-corrected chi connectivity index (χ3v) is 7.79. The highest BCUT2D eigenvalue weighted by molar-refractivity contribution is 5.66. The smallest absolute Gasteiger partial charge is 0.0443 e. The zero-order chi connectivity index (χ0) is 21.0. The summed E-state index contributed by atoms with van der Waals surface area (Å²) in [5, 5.41) is 0. The molecule has 1 fully saturated rings. The van der Waals surface area contributed by atoms with Gasteiger partial charge in [0.25, 0.3) is 0 Å². The molecular formula is C28H39N. The molecule has 0 N–H and O–H groups in total. The number of anilines is 1. The van der Waals surface area contributed by atoms with Crippen molar-refractivity contribution in [2.24, 2.45) is 0 Å². The second-order valence-corrected chi connectivity index (χ2v) is 10.8. The minimum atomic E-state index is 0.137. The lowest BCUT2D eigenvalue weighted by Gasteiger charge is -2.43. The van der Waals surface area contributed by atoms with Crippen LogP contribution < -0.4 is 4.90 Å². The highest BCUT2D eigenvalue weighted by Gasteiger charge is 2.56. The number of nitrogens with zero attached hydrogens (tertiary/aromatic N) is 1. The van der Waals surface area contributed by atoms with E-state index in [1.54, 1.807) is 11.1 Å². The van der Waals surface area contributed by atoms with Gasteiger partial charge in [-0.1, -0.05) is 70.2 Å². The number of benzene rings is 2. The fourth-order valence-electron chi connectivity index (χ4n) is 6.63. The minimum absolute atomic E-state index is 0.137. The summed E-state index contributed by atoms with van der Waals surface area (Å²) in [5.74, 6) is 1.06. The van der Waals surface area contributed by atoms with Gasteiger partial charge in [-0.2, -0.15) is 0 Å². The van der Waals surface area contributed by atoms with Gasteiger partial charge in [0.15, 0.2) is 0 Å². The average Bonchev–Trinajstić information content (AvgIpc) is 2.87. The zero-order valence-electron chi connectivity index (χ0n) is 19.5. The molecule has 1 heteroatoms. The molecule has 2 atom stereocenters. The van der Waals surface area contributed by atoms with Crippen molar-refractivity contribution >= 4 is 5.69 Å². The van der Waals surface area contributed by atoms with Crippen molar-refractivity contribution in [1.29, 1.82) is 0 Å². The third kappa shape index (κ3) is 3.13. The topological polar surface area (TPSA) is 3.24 Å². The van der Waals surface area contributed by atoms with Gasteiger partial charge in [0, 0.05) is 22.7 Å². The number of rotatable bonds is 3. The summed E-state index contributed by atoms with van der Waals surface area (Å²) in [6, 6.07) is 16.8. The van der Waals surface area contributed by atoms with Crippen LogP contribution in [0.5, 0.6) is 0 Å². The maximum Gasteiger partial charge on any atom is 0.0443 e. The Labute approximate surface area is 178 Å². The minimum Gasteiger partial charge on any atom is -0.362 e. The summed E-state index contributed by atoms with van der Waals surface area (Å²) in [6.07, 6.45) is 5.10. The van der Waals surface area contributed by atoms with Crippen LogP contribution in [0.3, 0.4) is 0 Å². The summed E-state index contributed by atoms with van der Waals surface area (Å²) < 4.78 is 0. The third-order valence-electron chi connectivity index (χ3n) is 7.79. The van der Waals surface area contributed by atoms with Gasteiger partial charge < -0.3 is 4.90 Å². The predicted octanol–water partition coefficient (Wildman–Crippen LogP) is 7.58. The first-order valence-corrected chi connectivity index (χ1v) is 11.7. The number of hydrogen-bond acceptors (Lipinski definition) is 1. The van der Waals surface area contributed by atoms with Crippen LogP contribution in [-0.4, -0.2) is 11.6 Å². The molecule has 1 aliphatic heterocycles. The van der Waals surface area contributed by atoms with Gasteiger partial charge in [-0.05, 0) is 80.5 Å². The van der Waals surface area contributed by atoms with E-state index in [1.165, 1.54) is 42.5 Å². The van der Waals surface area contributed by atoms with Crippen molar-refractivity contribution in [3.05, 3.63) is 64.7 Å². The van der Waals surface area contributed by atoms with Crippen molar-refractivity contribution in [3.63, 3.8) is 0 Å². The number of aryl methyl sites for hydroxylation is 1. The Kier molecular flexibility index (Phi) is 5.08. The number of para-hydroxylation sites is 1. The summed E-state index contributed by atoms with van der Waals surface area (Å²) in [5.41, 5.74) is 8.16. The van der Waals surface area contributed by atoms with Crippen molar-refractivity contribution in [3.8, 4) is 0 Å². The first kappa shape index (κ1) is 20.5. The first-order chi connectivity index (χ1) is 13.7. The number of hydrogen-bond donors (Lipinski definition) is 0. The Balaban J connectivity index is 1.92. The van der Waals surface area contributed by atoms with E-state index >= 15 is 0 Å². The molecule has 2 unspecified atom stereocenters. The highest BCUT2D eigenvalue weighted by atomic mass is 15.3. The Bertz CT molecular complexity index is 865. The SMILES string of the molecule is CC(C)c1cccc(C(C)C)c1N1C(C)C2(CCCc3ccccc32)CC1(C)C. The number of fused-ring (bicyclic) bond motifs is 2. The van der Waals surface area contributed by atoms with Crippen molar-refractivity contribution in [1.82, 2.24) is 0 Å². The molecule has 29 heavy (non-hydrogen) atoms. The van der Waals surface area contributed by atoms with Crippen LogP contribution >= 0.6 is 0 Å². The Morgan fingerprint density at radius 3 is 2.14 bits per heavy atom. The summed E-state index contributed by atoms with van der Waals surface area (Å²) in [6.45, 7) is 16.9. The van der Waals surface area contributed by atoms with Gasteiger partial charge in [0.05, 0.1) is 0 Å². The van der Waals surface area contributed by atoms with Gasteiger partial charge in [0.2, 0.25) is 0 Å². The molecule has 0 saturated carbocycles. The molecule has 156 valence electrons. The van der Waals surface area contributed by atoms with Gasteiger partial charge in [0.1, 0.15) is 0 Å². The molecule has 1 saturated heterocycles. The standard InChI is InChI=1S/C28H39N/c1-19(2)23-14-10-15-24(20(3)4)26(23)29-21(5)28(18-27(29,6)7)17-11-13-22-12-8-9-16-25(22)28/h8-10,12,14-16,19-21H,11,13,17-18H2,1-7H3. The normalized spacial score (nSPS) is 25.8. The lowest BCUT2D eigenvalue weighted by molar-refractivity contribution is 0.328. The molecule has 2 aromatic carbocycles. The molecule has 0 aromatic heterocycles. The summed E-state index contributed by atoms with van der Waals surface area (Å²) >= 11 is 0. The van der Waals surface area contributed by atoms with E-state index in [0.717, 1.165) is 0 Å². The average molecular weight is 390 g/mol. The van der Waals surface area contributed by atoms with Crippen LogP contribution in [-0.2, 0) is 11.8 Å². The fourth-order valence-corrected chi connectivity index (χ4v) is 6.63. The van der Waals surface area contributed by atoms with Crippen LogP contribution in [0, 0.1) is 0 Å². The van der Waals surface area contributed by atoms with Gasteiger partial charge in [-0.25, -0.2) is 0 Å². The quantitative estimate of drug-likeness (QED) is 0.523. The van der Waals surface area contributed by atoms with E-state index in [1.807, 2.05) is 0 Å². The Morgan fingerprint density at radius 2 is 1.52 bits per heavy atom. The van der Waals surface area contributed by atoms with Crippen LogP contribution in [0.25, 0.3) is 0 Å². The monoisotopic (exact) mass is 389 g/mol. The lowest BCUT2D eigenvalue weighted by Crippen LogP contribution is -2.46. The Hall–Kier alpha value is -1.76. The molecule has 2 aliphatic rings. The molecule has 4 rings (SSSR count). The maximum absolute atomic E-state index is 2.83. The largest absolute Gasteiger partial charge is 0.362 e. The molecule has 0 amide bonds. The van der Waals surface area contributed by atoms with Crippen molar-refractivity contribution < 1.29 is 0 Å². The van der Waals surface area contributed by atoms with Crippen molar-refractivity contribution in [2.75, 3.05) is 4.90 Å². The van der Waals surface area contributed by atoms with E-state index < -0.39 is 0 Å². The summed E-state index contributed by atoms with van der Waals surface area (Å²) in [4.78, 5) is 2.83. The summed E-state index contributed by atoms with van der Waals surface area (Å²) in [7, 11) is 0. The van der Waals surface area contributed by atoms with E-state index in [0.29, 0.717) is 17.9 Å². The van der Waals surface area contributed by atoms with Crippen LogP contribution in [0.4, 0.5) is 5.69 Å². The predicted molar refractivity (Wildman–Crippen MR) is 126 cm³/mol. The van der Waals surface area contributed by atoms with Gasteiger partial charge >= 0.3 is 0 Å². The molecule has 1 heterocycles. The van der Waals surface area contributed by atoms with Crippen LogP contribution in [0.1, 0.15) is 102 Å². The van der Waals surface area contributed by atoms with Crippen molar-refractivity contribution in [2.45, 2.75) is 103 Å². The molecule has 1 aliphatic carbocycles. The molecule has 1 nitrogen and oxygen atoms in total. The molecule has 0 bridgehead atoms. The van der Waals surface area contributed by atoms with Gasteiger partial charge in [-0.15, -0.1) is 0 Å². The van der Waals surface area contributed by atoms with E-state index in [9.17, 15) is 0 Å². The van der Waals surface area contributed by atoms with Crippen LogP contribution in [0.15, 0.2) is 42.5 Å². The lowest BCUT2D eigenvalue weighted by atomic mass is 9.64. The first-order valence-electron chi connectivity index (χ1n) is 11.7. The Morgan fingerprint density at radius 1 is 0.897 bits per heavy atom. The molecule has 0 radical (unpaired) electrons. The fraction of sp³-hybridized carbons (Fsp3) is 0.571. The molecule has 1 spiro atoms. The van der Waals surface area contributed by atoms with E-state index in [4.69, 9.17) is 0 Å². The maximum atomic E-state index is 2.83. The zero-order valence-corrected chi connectivity index (χ0v) is 19.5.